The molecule has 96 valence electrons. The van der Waals surface area contributed by atoms with Crippen molar-refractivity contribution >= 4 is 5.69 Å². The number of anilines is 1. The molecule has 0 amide bonds. The van der Waals surface area contributed by atoms with Crippen molar-refractivity contribution in [1.82, 2.24) is 0 Å². The maximum absolute atomic E-state index is 5.57. The molecular formula is C13H21NO3. The first-order valence-corrected chi connectivity index (χ1v) is 5.98. The molecule has 0 unspecified atom stereocenters. The number of methoxy groups -OCH3 is 1. The van der Waals surface area contributed by atoms with E-state index in [1.807, 2.05) is 32.9 Å². The molecule has 0 saturated carbocycles. The van der Waals surface area contributed by atoms with E-state index in [0.29, 0.717) is 30.5 Å². The largest absolute Gasteiger partial charge is 0.493 e. The monoisotopic (exact) mass is 239 g/mol. The fourth-order valence-electron chi connectivity index (χ4n) is 1.58. The maximum atomic E-state index is 5.57. The predicted molar refractivity (Wildman–Crippen MR) is 69.5 cm³/mol. The van der Waals surface area contributed by atoms with Crippen LogP contribution in [0, 0.1) is 0 Å². The summed E-state index contributed by atoms with van der Waals surface area (Å²) in [5, 5.41) is 3.23. The van der Waals surface area contributed by atoms with E-state index in [1.165, 1.54) is 0 Å². The zero-order chi connectivity index (χ0) is 12.7. The molecule has 0 fully saturated rings. The Morgan fingerprint density at radius 1 is 1.00 bits per heavy atom. The predicted octanol–water partition coefficient (Wildman–Crippen LogP) is 2.92. The molecule has 0 aliphatic rings. The highest BCUT2D eigenvalue weighted by Gasteiger charge is 2.13. The van der Waals surface area contributed by atoms with Gasteiger partial charge in [0.15, 0.2) is 11.5 Å². The molecule has 17 heavy (non-hydrogen) atoms. The van der Waals surface area contributed by atoms with E-state index in [2.05, 4.69) is 5.32 Å². The van der Waals surface area contributed by atoms with Gasteiger partial charge in [0.2, 0.25) is 5.75 Å². The van der Waals surface area contributed by atoms with Gasteiger partial charge in [-0.05, 0) is 20.8 Å². The first-order chi connectivity index (χ1) is 8.26. The van der Waals surface area contributed by atoms with Crippen LogP contribution < -0.4 is 19.5 Å². The normalized spacial score (nSPS) is 9.88. The molecular weight excluding hydrogens is 218 g/mol. The fourth-order valence-corrected chi connectivity index (χ4v) is 1.58. The second-order valence-electron chi connectivity index (χ2n) is 3.40. The van der Waals surface area contributed by atoms with Crippen LogP contribution in [0.5, 0.6) is 17.2 Å². The summed E-state index contributed by atoms with van der Waals surface area (Å²) in [5.74, 6) is 2.07. The summed E-state index contributed by atoms with van der Waals surface area (Å²) in [6.07, 6.45) is 0. The van der Waals surface area contributed by atoms with Gasteiger partial charge in [-0.15, -0.1) is 0 Å². The Bertz CT molecular complexity index is 353. The Kier molecular flexibility index (Phi) is 5.46. The third-order valence-electron chi connectivity index (χ3n) is 2.21. The van der Waals surface area contributed by atoms with Crippen molar-refractivity contribution in [1.29, 1.82) is 0 Å². The van der Waals surface area contributed by atoms with Gasteiger partial charge < -0.3 is 19.5 Å². The molecule has 0 radical (unpaired) electrons. The lowest BCUT2D eigenvalue weighted by atomic mass is 10.2. The topological polar surface area (TPSA) is 39.7 Å². The minimum atomic E-state index is 0.580. The summed E-state index contributed by atoms with van der Waals surface area (Å²) < 4.78 is 16.5. The van der Waals surface area contributed by atoms with E-state index in [1.54, 1.807) is 7.11 Å². The molecule has 0 saturated heterocycles. The Balaban J connectivity index is 3.14. The van der Waals surface area contributed by atoms with Gasteiger partial charge in [0.05, 0.1) is 20.3 Å². The van der Waals surface area contributed by atoms with Crippen LogP contribution >= 0.6 is 0 Å². The molecule has 0 aliphatic heterocycles. The van der Waals surface area contributed by atoms with Crippen molar-refractivity contribution in [2.75, 3.05) is 32.2 Å². The van der Waals surface area contributed by atoms with Crippen LogP contribution in [0.2, 0.25) is 0 Å². The molecule has 1 aromatic carbocycles. The number of ether oxygens (including phenoxy) is 3. The van der Waals surface area contributed by atoms with Crippen LogP contribution in [0.4, 0.5) is 5.69 Å². The van der Waals surface area contributed by atoms with Crippen LogP contribution in [0.1, 0.15) is 20.8 Å². The molecule has 1 N–H and O–H groups in total. The molecule has 1 rings (SSSR count). The van der Waals surface area contributed by atoms with Crippen molar-refractivity contribution < 1.29 is 14.2 Å². The van der Waals surface area contributed by atoms with E-state index in [-0.39, 0.29) is 0 Å². The highest BCUT2D eigenvalue weighted by molar-refractivity contribution is 5.62. The number of rotatable bonds is 7. The van der Waals surface area contributed by atoms with Gasteiger partial charge in [-0.2, -0.15) is 0 Å². The van der Waals surface area contributed by atoms with E-state index >= 15 is 0 Å². The maximum Gasteiger partial charge on any atom is 0.203 e. The minimum Gasteiger partial charge on any atom is -0.493 e. The molecule has 0 spiro atoms. The quantitative estimate of drug-likeness (QED) is 0.794. The zero-order valence-corrected chi connectivity index (χ0v) is 11.0. The first kappa shape index (κ1) is 13.5. The standard InChI is InChI=1S/C13H21NO3/c1-5-14-10-8-11(15-4)13(17-7-3)12(9-10)16-6-2/h8-9,14H,5-7H2,1-4H3. The third-order valence-corrected chi connectivity index (χ3v) is 2.21. The first-order valence-electron chi connectivity index (χ1n) is 5.98. The molecule has 4 nitrogen and oxygen atoms in total. The van der Waals surface area contributed by atoms with Crippen LogP contribution in [0.15, 0.2) is 12.1 Å². The van der Waals surface area contributed by atoms with Crippen LogP contribution in [-0.2, 0) is 0 Å². The van der Waals surface area contributed by atoms with Gasteiger partial charge in [0, 0.05) is 24.4 Å². The van der Waals surface area contributed by atoms with E-state index in [0.717, 1.165) is 12.2 Å². The molecule has 1 aromatic rings. The third kappa shape index (κ3) is 3.44. The minimum absolute atomic E-state index is 0.580. The zero-order valence-electron chi connectivity index (χ0n) is 11.0. The Morgan fingerprint density at radius 2 is 1.65 bits per heavy atom. The molecule has 0 aromatic heterocycles. The summed E-state index contributed by atoms with van der Waals surface area (Å²) in [5.41, 5.74) is 0.969. The molecule has 0 heterocycles. The van der Waals surface area contributed by atoms with Crippen molar-refractivity contribution in [2.24, 2.45) is 0 Å². The highest BCUT2D eigenvalue weighted by atomic mass is 16.5. The SMILES string of the molecule is CCNc1cc(OC)c(OCC)c(OCC)c1. The summed E-state index contributed by atoms with van der Waals surface area (Å²) in [6.45, 7) is 7.96. The number of nitrogens with one attached hydrogen (secondary N) is 1. The van der Waals surface area contributed by atoms with Gasteiger partial charge in [0.1, 0.15) is 0 Å². The lowest BCUT2D eigenvalue weighted by Gasteiger charge is -2.16. The Hall–Kier alpha value is -1.58. The van der Waals surface area contributed by atoms with E-state index < -0.39 is 0 Å². The average Bonchev–Trinajstić information content (AvgIpc) is 2.33. The molecule has 4 heteroatoms. The van der Waals surface area contributed by atoms with E-state index in [9.17, 15) is 0 Å². The molecule has 0 bridgehead atoms. The van der Waals surface area contributed by atoms with Crippen molar-refractivity contribution in [3.8, 4) is 17.2 Å². The Labute approximate surface area is 103 Å². The average molecular weight is 239 g/mol. The van der Waals surface area contributed by atoms with Gasteiger partial charge >= 0.3 is 0 Å². The van der Waals surface area contributed by atoms with Gasteiger partial charge in [-0.3, -0.25) is 0 Å². The lowest BCUT2D eigenvalue weighted by molar-refractivity contribution is 0.272. The lowest BCUT2D eigenvalue weighted by Crippen LogP contribution is -2.03. The second-order valence-corrected chi connectivity index (χ2v) is 3.40. The summed E-state index contributed by atoms with van der Waals surface area (Å²) in [7, 11) is 1.63. The molecule has 0 atom stereocenters. The van der Waals surface area contributed by atoms with Crippen LogP contribution in [0.25, 0.3) is 0 Å². The van der Waals surface area contributed by atoms with E-state index in [4.69, 9.17) is 14.2 Å². The summed E-state index contributed by atoms with van der Waals surface area (Å²) in [4.78, 5) is 0. The van der Waals surface area contributed by atoms with Crippen molar-refractivity contribution in [2.45, 2.75) is 20.8 Å². The second kappa shape index (κ2) is 6.89. The number of benzene rings is 1. The van der Waals surface area contributed by atoms with Crippen LogP contribution in [-0.4, -0.2) is 26.9 Å². The fraction of sp³-hybridized carbons (Fsp3) is 0.538. The van der Waals surface area contributed by atoms with Gasteiger partial charge in [-0.1, -0.05) is 0 Å². The van der Waals surface area contributed by atoms with Gasteiger partial charge in [-0.25, -0.2) is 0 Å². The van der Waals surface area contributed by atoms with Crippen molar-refractivity contribution in [3.63, 3.8) is 0 Å². The summed E-state index contributed by atoms with van der Waals surface area (Å²) in [6, 6.07) is 3.84. The highest BCUT2D eigenvalue weighted by Crippen LogP contribution is 2.40. The summed E-state index contributed by atoms with van der Waals surface area (Å²) >= 11 is 0. The smallest absolute Gasteiger partial charge is 0.203 e. The number of hydrogen-bond acceptors (Lipinski definition) is 4. The molecule has 0 aliphatic carbocycles. The number of hydrogen-bond donors (Lipinski definition) is 1. The van der Waals surface area contributed by atoms with Gasteiger partial charge in [0.25, 0.3) is 0 Å². The van der Waals surface area contributed by atoms with Crippen LogP contribution in [0.3, 0.4) is 0 Å². The Morgan fingerprint density at radius 3 is 2.18 bits per heavy atom. The van der Waals surface area contributed by atoms with Crippen molar-refractivity contribution in [3.05, 3.63) is 12.1 Å².